The molecule has 1 saturated carbocycles. The zero-order valence-electron chi connectivity index (χ0n) is 9.73. The number of nitrogens with one attached hydrogen (secondary N) is 1. The largest absolute Gasteiger partial charge is 0.346 e. The molecule has 5 nitrogen and oxygen atoms in total. The first-order chi connectivity index (χ1) is 7.61. The second-order valence-corrected chi connectivity index (χ2v) is 4.45. The van der Waals surface area contributed by atoms with E-state index in [9.17, 15) is 4.79 Å². The molecule has 1 aromatic heterocycles. The third kappa shape index (κ3) is 2.24. The van der Waals surface area contributed by atoms with Crippen molar-refractivity contribution in [1.29, 1.82) is 0 Å². The van der Waals surface area contributed by atoms with Crippen molar-refractivity contribution in [2.45, 2.75) is 25.8 Å². The van der Waals surface area contributed by atoms with Crippen molar-refractivity contribution >= 4 is 5.91 Å². The van der Waals surface area contributed by atoms with E-state index in [4.69, 9.17) is 5.73 Å². The summed E-state index contributed by atoms with van der Waals surface area (Å²) in [6, 6.07) is 1.89. The van der Waals surface area contributed by atoms with Gasteiger partial charge in [0.05, 0.1) is 0 Å². The maximum Gasteiger partial charge on any atom is 0.272 e. The Labute approximate surface area is 95.0 Å². The Bertz CT molecular complexity index is 375. The van der Waals surface area contributed by atoms with Crippen LogP contribution in [-0.2, 0) is 7.05 Å². The minimum absolute atomic E-state index is 0.106. The third-order valence-electron chi connectivity index (χ3n) is 3.11. The van der Waals surface area contributed by atoms with E-state index in [0.29, 0.717) is 18.2 Å². The van der Waals surface area contributed by atoms with Crippen LogP contribution in [0.3, 0.4) is 0 Å². The molecule has 2 rings (SSSR count). The number of amides is 1. The van der Waals surface area contributed by atoms with Crippen LogP contribution in [0.4, 0.5) is 0 Å². The second kappa shape index (κ2) is 4.25. The van der Waals surface area contributed by atoms with E-state index in [-0.39, 0.29) is 11.9 Å². The van der Waals surface area contributed by atoms with Crippen LogP contribution in [-0.4, -0.2) is 28.3 Å². The Kier molecular flexibility index (Phi) is 2.96. The molecule has 0 aromatic carbocycles. The predicted octanol–water partition coefficient (Wildman–Crippen LogP) is 0.196. The molecular formula is C11H18N4O. The highest BCUT2D eigenvalue weighted by Crippen LogP contribution is 2.32. The average Bonchev–Trinajstić information content (AvgIpc) is 3.03. The first kappa shape index (κ1) is 11.1. The molecule has 88 valence electrons. The van der Waals surface area contributed by atoms with Crippen LogP contribution in [0.5, 0.6) is 0 Å². The number of hydrogen-bond acceptors (Lipinski definition) is 3. The van der Waals surface area contributed by atoms with E-state index in [1.165, 1.54) is 12.8 Å². The van der Waals surface area contributed by atoms with E-state index in [1.807, 2.05) is 14.0 Å². The van der Waals surface area contributed by atoms with Crippen LogP contribution >= 0.6 is 0 Å². The molecule has 1 heterocycles. The summed E-state index contributed by atoms with van der Waals surface area (Å²) in [7, 11) is 1.83. The highest BCUT2D eigenvalue weighted by atomic mass is 16.2. The van der Waals surface area contributed by atoms with E-state index in [0.717, 1.165) is 5.69 Å². The molecule has 0 bridgehead atoms. The number of nitrogens with zero attached hydrogens (tertiary/aromatic N) is 2. The Hall–Kier alpha value is -1.36. The summed E-state index contributed by atoms with van der Waals surface area (Å²) in [6.07, 6.45) is 2.34. The molecule has 1 amide bonds. The predicted molar refractivity (Wildman–Crippen MR) is 61.0 cm³/mol. The van der Waals surface area contributed by atoms with E-state index in [2.05, 4.69) is 10.4 Å². The summed E-state index contributed by atoms with van der Waals surface area (Å²) in [5, 5.41) is 7.09. The molecule has 1 aliphatic rings. The molecular weight excluding hydrogens is 204 g/mol. The first-order valence-corrected chi connectivity index (χ1v) is 5.63. The fourth-order valence-corrected chi connectivity index (χ4v) is 1.78. The van der Waals surface area contributed by atoms with Crippen molar-refractivity contribution < 1.29 is 4.79 Å². The average molecular weight is 222 g/mol. The van der Waals surface area contributed by atoms with Gasteiger partial charge in [0, 0.05) is 25.3 Å². The molecule has 0 radical (unpaired) electrons. The standard InChI is InChI=1S/C11H18N4O/c1-7-5-9(14-15(7)2)11(16)13-10(6-12)8-3-4-8/h5,8,10H,3-4,6,12H2,1-2H3,(H,13,16). The summed E-state index contributed by atoms with van der Waals surface area (Å²) < 4.78 is 1.70. The molecule has 0 aliphatic heterocycles. The van der Waals surface area contributed by atoms with Gasteiger partial charge in [-0.05, 0) is 31.7 Å². The Morgan fingerprint density at radius 1 is 1.75 bits per heavy atom. The summed E-state index contributed by atoms with van der Waals surface area (Å²) in [5.41, 5.74) is 7.08. The first-order valence-electron chi connectivity index (χ1n) is 5.63. The molecule has 1 aliphatic carbocycles. The lowest BCUT2D eigenvalue weighted by Gasteiger charge is -2.14. The molecule has 5 heteroatoms. The summed E-state index contributed by atoms with van der Waals surface area (Å²) in [6.45, 7) is 2.42. The monoisotopic (exact) mass is 222 g/mol. The van der Waals surface area contributed by atoms with Gasteiger partial charge in [0.1, 0.15) is 5.69 Å². The van der Waals surface area contributed by atoms with Gasteiger partial charge in [0.25, 0.3) is 5.91 Å². The van der Waals surface area contributed by atoms with Crippen molar-refractivity contribution in [1.82, 2.24) is 15.1 Å². The SMILES string of the molecule is Cc1cc(C(=O)NC(CN)C2CC2)nn1C. The number of rotatable bonds is 4. The molecule has 0 spiro atoms. The minimum Gasteiger partial charge on any atom is -0.346 e. The molecule has 1 fully saturated rings. The van der Waals surface area contributed by atoms with E-state index < -0.39 is 0 Å². The van der Waals surface area contributed by atoms with E-state index in [1.54, 1.807) is 10.7 Å². The number of carbonyl (C=O) groups is 1. The number of aryl methyl sites for hydroxylation is 2. The Morgan fingerprint density at radius 2 is 2.44 bits per heavy atom. The number of aromatic nitrogens is 2. The van der Waals surface area contributed by atoms with Gasteiger partial charge >= 0.3 is 0 Å². The third-order valence-corrected chi connectivity index (χ3v) is 3.11. The van der Waals surface area contributed by atoms with Gasteiger partial charge in [-0.3, -0.25) is 9.48 Å². The van der Waals surface area contributed by atoms with Crippen LogP contribution in [0.25, 0.3) is 0 Å². The quantitative estimate of drug-likeness (QED) is 0.764. The van der Waals surface area contributed by atoms with Gasteiger partial charge in [-0.25, -0.2) is 0 Å². The van der Waals surface area contributed by atoms with Crippen LogP contribution in [0.1, 0.15) is 29.0 Å². The van der Waals surface area contributed by atoms with Crippen molar-refractivity contribution in [2.24, 2.45) is 18.7 Å². The normalized spacial score (nSPS) is 17.2. The van der Waals surface area contributed by atoms with Crippen molar-refractivity contribution in [3.8, 4) is 0 Å². The lowest BCUT2D eigenvalue weighted by molar-refractivity contribution is 0.0927. The van der Waals surface area contributed by atoms with Gasteiger partial charge in [-0.15, -0.1) is 0 Å². The smallest absolute Gasteiger partial charge is 0.272 e. The fraction of sp³-hybridized carbons (Fsp3) is 0.636. The maximum absolute atomic E-state index is 11.9. The van der Waals surface area contributed by atoms with E-state index >= 15 is 0 Å². The highest BCUT2D eigenvalue weighted by molar-refractivity contribution is 5.92. The van der Waals surface area contributed by atoms with Crippen LogP contribution < -0.4 is 11.1 Å². The van der Waals surface area contributed by atoms with Crippen molar-refractivity contribution in [2.75, 3.05) is 6.54 Å². The van der Waals surface area contributed by atoms with Gasteiger partial charge in [-0.1, -0.05) is 0 Å². The Balaban J connectivity index is 2.01. The molecule has 1 aromatic rings. The van der Waals surface area contributed by atoms with Gasteiger partial charge in [0.15, 0.2) is 0 Å². The molecule has 0 saturated heterocycles. The zero-order valence-corrected chi connectivity index (χ0v) is 9.73. The lowest BCUT2D eigenvalue weighted by Crippen LogP contribution is -2.41. The molecule has 16 heavy (non-hydrogen) atoms. The number of nitrogens with two attached hydrogens (primary N) is 1. The lowest BCUT2D eigenvalue weighted by atomic mass is 10.2. The topological polar surface area (TPSA) is 72.9 Å². The zero-order chi connectivity index (χ0) is 11.7. The summed E-state index contributed by atoms with van der Waals surface area (Å²) in [5.74, 6) is 0.449. The fourth-order valence-electron chi connectivity index (χ4n) is 1.78. The number of hydrogen-bond donors (Lipinski definition) is 2. The van der Waals surface area contributed by atoms with Gasteiger partial charge in [0.2, 0.25) is 0 Å². The maximum atomic E-state index is 11.9. The summed E-state index contributed by atoms with van der Waals surface area (Å²) in [4.78, 5) is 11.9. The molecule has 3 N–H and O–H groups in total. The van der Waals surface area contributed by atoms with Gasteiger partial charge in [-0.2, -0.15) is 5.10 Å². The Morgan fingerprint density at radius 3 is 2.88 bits per heavy atom. The van der Waals surface area contributed by atoms with Crippen molar-refractivity contribution in [3.05, 3.63) is 17.5 Å². The van der Waals surface area contributed by atoms with Crippen molar-refractivity contribution in [3.63, 3.8) is 0 Å². The molecule has 1 unspecified atom stereocenters. The number of carbonyl (C=O) groups excluding carboxylic acids is 1. The molecule has 1 atom stereocenters. The van der Waals surface area contributed by atoms with Crippen LogP contribution in [0, 0.1) is 12.8 Å². The van der Waals surface area contributed by atoms with Gasteiger partial charge < -0.3 is 11.1 Å². The van der Waals surface area contributed by atoms with Crippen LogP contribution in [0.2, 0.25) is 0 Å². The summed E-state index contributed by atoms with van der Waals surface area (Å²) >= 11 is 0. The highest BCUT2D eigenvalue weighted by Gasteiger charge is 2.31. The minimum atomic E-state index is -0.119. The second-order valence-electron chi connectivity index (χ2n) is 4.45. The van der Waals surface area contributed by atoms with Crippen LogP contribution in [0.15, 0.2) is 6.07 Å².